The first-order valence-corrected chi connectivity index (χ1v) is 12.4. The fraction of sp³-hybridized carbons (Fsp3) is 0.419. The average Bonchev–Trinajstić information content (AvgIpc) is 2.82. The summed E-state index contributed by atoms with van der Waals surface area (Å²) >= 11 is 0. The van der Waals surface area contributed by atoms with Gasteiger partial charge < -0.3 is 0 Å². The molecule has 0 amide bonds. The molecule has 0 saturated heterocycles. The van der Waals surface area contributed by atoms with Crippen LogP contribution < -0.4 is 0 Å². The second-order valence-corrected chi connectivity index (χ2v) is 9.67. The van der Waals surface area contributed by atoms with Crippen LogP contribution in [0.15, 0.2) is 54.6 Å². The van der Waals surface area contributed by atoms with Gasteiger partial charge in [-0.3, -0.25) is 0 Å². The molecule has 0 nitrogen and oxygen atoms in total. The van der Waals surface area contributed by atoms with Crippen LogP contribution in [0.1, 0.15) is 80.5 Å². The third-order valence-electron chi connectivity index (χ3n) is 7.18. The minimum atomic E-state index is -0.226. The van der Waals surface area contributed by atoms with E-state index in [-0.39, 0.29) is 5.82 Å². The molecule has 0 spiro atoms. The molecule has 32 heavy (non-hydrogen) atoms. The van der Waals surface area contributed by atoms with Crippen molar-refractivity contribution >= 4 is 10.8 Å². The SMILES string of the molecule is CCCCC1CCC(CCc2ccc(C#Cc3ccc4cc(C)ccc4c3F)cc2)CC1. The molecule has 1 fully saturated rings. The van der Waals surface area contributed by atoms with Gasteiger partial charge in [0, 0.05) is 10.9 Å². The van der Waals surface area contributed by atoms with Gasteiger partial charge in [0.25, 0.3) is 0 Å². The van der Waals surface area contributed by atoms with Crippen LogP contribution >= 0.6 is 0 Å². The van der Waals surface area contributed by atoms with E-state index in [4.69, 9.17) is 0 Å². The molecule has 0 heterocycles. The van der Waals surface area contributed by atoms with Crippen LogP contribution in [0.2, 0.25) is 0 Å². The maximum absolute atomic E-state index is 14.8. The van der Waals surface area contributed by atoms with E-state index in [0.717, 1.165) is 34.8 Å². The van der Waals surface area contributed by atoms with Crippen LogP contribution in [-0.4, -0.2) is 0 Å². The molecule has 0 radical (unpaired) electrons. The Morgan fingerprint density at radius 2 is 1.56 bits per heavy atom. The topological polar surface area (TPSA) is 0 Å². The van der Waals surface area contributed by atoms with Crippen molar-refractivity contribution in [1.29, 1.82) is 0 Å². The standard InChI is InChI=1S/C31H35F/c1-3-4-5-24-7-9-25(10-8-24)11-12-26-13-15-27(16-14-26)17-18-28-19-20-29-22-23(2)6-21-30(29)31(28)32/h6,13-16,19-22,24-25H,3-5,7-12H2,1-2H3. The quantitative estimate of drug-likeness (QED) is 0.346. The molecule has 1 heteroatoms. The Labute approximate surface area is 193 Å². The molecule has 1 saturated carbocycles. The summed E-state index contributed by atoms with van der Waals surface area (Å²) in [5.74, 6) is 7.83. The number of rotatable bonds is 6. The normalized spacial score (nSPS) is 18.3. The molecule has 0 aromatic heterocycles. The van der Waals surface area contributed by atoms with Crippen molar-refractivity contribution in [1.82, 2.24) is 0 Å². The largest absolute Gasteiger partial charge is 0.205 e. The lowest BCUT2D eigenvalue weighted by Crippen LogP contribution is -2.15. The lowest BCUT2D eigenvalue weighted by molar-refractivity contribution is 0.250. The van der Waals surface area contributed by atoms with Crippen molar-refractivity contribution in [2.75, 3.05) is 0 Å². The molecule has 0 bridgehead atoms. The summed E-state index contributed by atoms with van der Waals surface area (Å²) in [6.07, 6.45) is 12.3. The second kappa shape index (κ2) is 10.8. The molecule has 1 aliphatic rings. The van der Waals surface area contributed by atoms with Gasteiger partial charge in [0.05, 0.1) is 5.56 Å². The Hall–Kier alpha value is -2.59. The van der Waals surface area contributed by atoms with Gasteiger partial charge >= 0.3 is 0 Å². The predicted molar refractivity (Wildman–Crippen MR) is 134 cm³/mol. The van der Waals surface area contributed by atoms with E-state index in [0.29, 0.717) is 10.9 Å². The van der Waals surface area contributed by atoms with Crippen LogP contribution in [0, 0.1) is 36.4 Å². The van der Waals surface area contributed by atoms with Crippen LogP contribution in [0.5, 0.6) is 0 Å². The van der Waals surface area contributed by atoms with Crippen molar-refractivity contribution in [2.24, 2.45) is 11.8 Å². The fourth-order valence-corrected chi connectivity index (χ4v) is 5.07. The molecule has 4 rings (SSSR count). The van der Waals surface area contributed by atoms with E-state index in [2.05, 4.69) is 43.0 Å². The summed E-state index contributed by atoms with van der Waals surface area (Å²) < 4.78 is 14.8. The maximum Gasteiger partial charge on any atom is 0.146 e. The monoisotopic (exact) mass is 426 g/mol. The van der Waals surface area contributed by atoms with Crippen molar-refractivity contribution in [3.05, 3.63) is 82.7 Å². The van der Waals surface area contributed by atoms with Crippen LogP contribution in [-0.2, 0) is 6.42 Å². The smallest absolute Gasteiger partial charge is 0.146 e. The first-order valence-electron chi connectivity index (χ1n) is 12.4. The fourth-order valence-electron chi connectivity index (χ4n) is 5.07. The van der Waals surface area contributed by atoms with Gasteiger partial charge in [0.2, 0.25) is 0 Å². The molecule has 3 aromatic rings. The van der Waals surface area contributed by atoms with Gasteiger partial charge in [0.15, 0.2) is 0 Å². The van der Waals surface area contributed by atoms with Gasteiger partial charge in [-0.1, -0.05) is 106 Å². The summed E-state index contributed by atoms with van der Waals surface area (Å²) in [5, 5.41) is 1.56. The molecule has 0 aliphatic heterocycles. The first-order chi connectivity index (χ1) is 15.6. The number of aryl methyl sites for hydroxylation is 2. The van der Waals surface area contributed by atoms with E-state index in [1.807, 2.05) is 31.2 Å². The van der Waals surface area contributed by atoms with Crippen LogP contribution in [0.25, 0.3) is 10.8 Å². The van der Waals surface area contributed by atoms with E-state index >= 15 is 0 Å². The summed E-state index contributed by atoms with van der Waals surface area (Å²) in [5.41, 5.74) is 3.92. The highest BCUT2D eigenvalue weighted by Gasteiger charge is 2.20. The second-order valence-electron chi connectivity index (χ2n) is 9.67. The zero-order valence-electron chi connectivity index (χ0n) is 19.6. The third-order valence-corrected chi connectivity index (χ3v) is 7.18. The van der Waals surface area contributed by atoms with E-state index in [9.17, 15) is 4.39 Å². The number of fused-ring (bicyclic) bond motifs is 1. The average molecular weight is 427 g/mol. The minimum absolute atomic E-state index is 0.226. The molecule has 3 aromatic carbocycles. The van der Waals surface area contributed by atoms with Gasteiger partial charge in [-0.2, -0.15) is 0 Å². The summed E-state index contributed by atoms with van der Waals surface area (Å²) in [6.45, 7) is 4.32. The minimum Gasteiger partial charge on any atom is -0.205 e. The highest BCUT2D eigenvalue weighted by Crippen LogP contribution is 2.34. The molecule has 166 valence electrons. The van der Waals surface area contributed by atoms with Gasteiger partial charge in [-0.15, -0.1) is 0 Å². The maximum atomic E-state index is 14.8. The first kappa shape index (κ1) is 22.6. The van der Waals surface area contributed by atoms with Crippen molar-refractivity contribution in [2.45, 2.75) is 71.6 Å². The van der Waals surface area contributed by atoms with E-state index < -0.39 is 0 Å². The van der Waals surface area contributed by atoms with Gasteiger partial charge in [0.1, 0.15) is 5.82 Å². The Morgan fingerprint density at radius 1 is 0.844 bits per heavy atom. The summed E-state index contributed by atoms with van der Waals surface area (Å²) in [4.78, 5) is 0. The molecule has 0 N–H and O–H groups in total. The van der Waals surface area contributed by atoms with Gasteiger partial charge in [-0.05, 0) is 60.7 Å². The van der Waals surface area contributed by atoms with E-state index in [1.54, 1.807) is 6.07 Å². The molecular weight excluding hydrogens is 391 g/mol. The number of hydrogen-bond donors (Lipinski definition) is 0. The lowest BCUT2D eigenvalue weighted by atomic mass is 9.78. The third kappa shape index (κ3) is 5.80. The van der Waals surface area contributed by atoms with Crippen molar-refractivity contribution in [3.63, 3.8) is 0 Å². The Kier molecular flexibility index (Phi) is 7.64. The lowest BCUT2D eigenvalue weighted by Gasteiger charge is -2.28. The Morgan fingerprint density at radius 3 is 2.28 bits per heavy atom. The number of halogens is 1. The Balaban J connectivity index is 1.32. The highest BCUT2D eigenvalue weighted by molar-refractivity contribution is 5.85. The Bertz CT molecular complexity index is 1090. The zero-order chi connectivity index (χ0) is 22.3. The van der Waals surface area contributed by atoms with Gasteiger partial charge in [-0.25, -0.2) is 4.39 Å². The zero-order valence-corrected chi connectivity index (χ0v) is 19.6. The number of hydrogen-bond acceptors (Lipinski definition) is 0. The predicted octanol–water partition coefficient (Wildman–Crippen LogP) is 8.62. The van der Waals surface area contributed by atoms with Crippen LogP contribution in [0.3, 0.4) is 0 Å². The van der Waals surface area contributed by atoms with Crippen molar-refractivity contribution < 1.29 is 4.39 Å². The number of unbranched alkanes of at least 4 members (excludes halogenated alkanes) is 1. The molecular formula is C31H35F. The summed E-state index contributed by atoms with van der Waals surface area (Å²) in [7, 11) is 0. The summed E-state index contributed by atoms with van der Waals surface area (Å²) in [6, 6.07) is 18.1. The molecule has 0 unspecified atom stereocenters. The van der Waals surface area contributed by atoms with E-state index in [1.165, 1.54) is 56.9 Å². The number of benzene rings is 3. The molecule has 0 atom stereocenters. The highest BCUT2D eigenvalue weighted by atomic mass is 19.1. The molecule has 1 aliphatic carbocycles. The van der Waals surface area contributed by atoms with Crippen molar-refractivity contribution in [3.8, 4) is 11.8 Å². The van der Waals surface area contributed by atoms with Crippen LogP contribution in [0.4, 0.5) is 4.39 Å².